The first-order chi connectivity index (χ1) is 10.1. The first-order valence-electron chi connectivity index (χ1n) is 7.50. The van der Waals surface area contributed by atoms with Crippen molar-refractivity contribution >= 4 is 33.4 Å². The van der Waals surface area contributed by atoms with E-state index in [2.05, 4.69) is 26.6 Å². The van der Waals surface area contributed by atoms with Crippen LogP contribution in [0.1, 0.15) is 32.1 Å². The van der Waals surface area contributed by atoms with E-state index < -0.39 is 0 Å². The number of carbonyl (C=O) groups is 2. The molecule has 0 saturated heterocycles. The van der Waals surface area contributed by atoms with E-state index in [0.29, 0.717) is 12.5 Å². The summed E-state index contributed by atoms with van der Waals surface area (Å²) in [7, 11) is 0. The highest BCUT2D eigenvalue weighted by molar-refractivity contribution is 9.10. The molecule has 2 saturated carbocycles. The van der Waals surface area contributed by atoms with Gasteiger partial charge in [0, 0.05) is 16.2 Å². The predicted octanol–water partition coefficient (Wildman–Crippen LogP) is 3.08. The summed E-state index contributed by atoms with van der Waals surface area (Å²) in [6.07, 6.45) is 5.21. The van der Waals surface area contributed by atoms with Crippen molar-refractivity contribution < 1.29 is 9.59 Å². The number of rotatable bonds is 4. The molecule has 1 aromatic rings. The van der Waals surface area contributed by atoms with Gasteiger partial charge in [0.15, 0.2) is 0 Å². The summed E-state index contributed by atoms with van der Waals surface area (Å²) in [6, 6.07) is 7.81. The van der Waals surface area contributed by atoms with Crippen LogP contribution >= 0.6 is 15.9 Å². The molecule has 0 radical (unpaired) electrons. The Balaban J connectivity index is 1.50. The number of carbonyl (C=O) groups excluding carboxylic acids is 2. The Morgan fingerprint density at radius 2 is 1.81 bits per heavy atom. The molecular weight excluding hydrogens is 332 g/mol. The minimum Gasteiger partial charge on any atom is -0.353 e. The molecule has 0 bridgehead atoms. The Morgan fingerprint density at radius 3 is 2.52 bits per heavy atom. The van der Waals surface area contributed by atoms with E-state index in [1.54, 1.807) is 0 Å². The molecule has 2 atom stereocenters. The Hall–Kier alpha value is -1.36. The number of hydrogen-bond acceptors (Lipinski definition) is 2. The Bertz CT molecular complexity index is 555. The molecule has 0 aromatic heterocycles. The highest BCUT2D eigenvalue weighted by Crippen LogP contribution is 2.40. The fourth-order valence-corrected chi connectivity index (χ4v) is 3.35. The normalized spacial score (nSPS) is 24.6. The van der Waals surface area contributed by atoms with Crippen LogP contribution in [0.3, 0.4) is 0 Å². The smallest absolute Gasteiger partial charge is 0.228 e. The SMILES string of the molecule is O=C(Nc1cccc(Br)c1)C1CC1C(=O)NC1CCCC1. The second-order valence-electron chi connectivity index (χ2n) is 5.94. The zero-order valence-electron chi connectivity index (χ0n) is 11.8. The van der Waals surface area contributed by atoms with Crippen molar-refractivity contribution in [3.63, 3.8) is 0 Å². The maximum Gasteiger partial charge on any atom is 0.228 e. The van der Waals surface area contributed by atoms with Gasteiger partial charge in [0.1, 0.15) is 0 Å². The molecule has 2 fully saturated rings. The molecule has 0 heterocycles. The highest BCUT2D eigenvalue weighted by atomic mass is 79.9. The number of benzene rings is 1. The van der Waals surface area contributed by atoms with E-state index in [4.69, 9.17) is 0 Å². The fraction of sp³-hybridized carbons (Fsp3) is 0.500. The number of hydrogen-bond donors (Lipinski definition) is 2. The molecule has 2 unspecified atom stereocenters. The second-order valence-corrected chi connectivity index (χ2v) is 6.85. The van der Waals surface area contributed by atoms with Crippen molar-refractivity contribution in [2.24, 2.45) is 11.8 Å². The fourth-order valence-electron chi connectivity index (χ4n) is 2.95. The van der Waals surface area contributed by atoms with Gasteiger partial charge in [0.25, 0.3) is 0 Å². The zero-order valence-corrected chi connectivity index (χ0v) is 13.4. The third kappa shape index (κ3) is 3.64. The van der Waals surface area contributed by atoms with Crippen LogP contribution < -0.4 is 10.6 Å². The van der Waals surface area contributed by atoms with Gasteiger partial charge in [-0.05, 0) is 37.5 Å². The topological polar surface area (TPSA) is 58.2 Å². The molecule has 2 amide bonds. The lowest BCUT2D eigenvalue weighted by atomic mass is 10.2. The highest BCUT2D eigenvalue weighted by Gasteiger charge is 2.48. The van der Waals surface area contributed by atoms with Gasteiger partial charge in [0.2, 0.25) is 11.8 Å². The van der Waals surface area contributed by atoms with E-state index in [9.17, 15) is 9.59 Å². The van der Waals surface area contributed by atoms with Crippen LogP contribution in [0.4, 0.5) is 5.69 Å². The van der Waals surface area contributed by atoms with Gasteiger partial charge < -0.3 is 10.6 Å². The van der Waals surface area contributed by atoms with Crippen LogP contribution in [0.15, 0.2) is 28.7 Å². The largest absolute Gasteiger partial charge is 0.353 e. The van der Waals surface area contributed by atoms with Crippen molar-refractivity contribution in [2.75, 3.05) is 5.32 Å². The predicted molar refractivity (Wildman–Crippen MR) is 84.8 cm³/mol. The van der Waals surface area contributed by atoms with E-state index in [-0.39, 0.29) is 23.7 Å². The summed E-state index contributed by atoms with van der Waals surface area (Å²) in [5.74, 6) is -0.320. The molecule has 5 heteroatoms. The Labute approximate surface area is 132 Å². The van der Waals surface area contributed by atoms with E-state index in [1.165, 1.54) is 12.8 Å². The quantitative estimate of drug-likeness (QED) is 0.876. The van der Waals surface area contributed by atoms with Gasteiger partial charge in [0.05, 0.1) is 11.8 Å². The minimum absolute atomic E-state index is 0.0521. The molecule has 1 aromatic carbocycles. The van der Waals surface area contributed by atoms with Crippen LogP contribution in [0.5, 0.6) is 0 Å². The number of halogens is 1. The summed E-state index contributed by atoms with van der Waals surface area (Å²) in [4.78, 5) is 24.2. The van der Waals surface area contributed by atoms with Crippen molar-refractivity contribution in [3.8, 4) is 0 Å². The molecule has 21 heavy (non-hydrogen) atoms. The second kappa shape index (κ2) is 6.18. The first-order valence-corrected chi connectivity index (χ1v) is 8.29. The summed E-state index contributed by atoms with van der Waals surface area (Å²) in [5.41, 5.74) is 0.760. The summed E-state index contributed by atoms with van der Waals surface area (Å²) < 4.78 is 0.923. The minimum atomic E-state index is -0.176. The molecule has 3 rings (SSSR count). The lowest BCUT2D eigenvalue weighted by Crippen LogP contribution is -2.34. The zero-order chi connectivity index (χ0) is 14.8. The molecule has 2 aliphatic carbocycles. The summed E-state index contributed by atoms with van der Waals surface area (Å²) >= 11 is 3.37. The van der Waals surface area contributed by atoms with Crippen molar-refractivity contribution in [2.45, 2.75) is 38.1 Å². The van der Waals surface area contributed by atoms with E-state index >= 15 is 0 Å². The lowest BCUT2D eigenvalue weighted by Gasteiger charge is -2.11. The molecule has 0 aliphatic heterocycles. The molecule has 4 nitrogen and oxygen atoms in total. The lowest BCUT2D eigenvalue weighted by molar-refractivity contribution is -0.125. The maximum absolute atomic E-state index is 12.1. The van der Waals surface area contributed by atoms with Crippen LogP contribution in [0, 0.1) is 11.8 Å². The van der Waals surface area contributed by atoms with Crippen molar-refractivity contribution in [3.05, 3.63) is 28.7 Å². The van der Waals surface area contributed by atoms with Gasteiger partial charge in [-0.2, -0.15) is 0 Å². The van der Waals surface area contributed by atoms with Gasteiger partial charge in [-0.3, -0.25) is 9.59 Å². The van der Waals surface area contributed by atoms with Gasteiger partial charge >= 0.3 is 0 Å². The standard InChI is InChI=1S/C16H19BrN2O2/c17-10-4-3-7-12(8-10)19-16(21)14-9-13(14)15(20)18-11-5-1-2-6-11/h3-4,7-8,11,13-14H,1-2,5-6,9H2,(H,18,20)(H,19,21). The van der Waals surface area contributed by atoms with E-state index in [0.717, 1.165) is 23.0 Å². The summed E-state index contributed by atoms with van der Waals surface area (Å²) in [6.45, 7) is 0. The van der Waals surface area contributed by atoms with Crippen molar-refractivity contribution in [1.29, 1.82) is 0 Å². The maximum atomic E-state index is 12.1. The molecule has 0 spiro atoms. The molecular formula is C16H19BrN2O2. The average molecular weight is 351 g/mol. The van der Waals surface area contributed by atoms with Gasteiger partial charge in [-0.15, -0.1) is 0 Å². The molecule has 2 aliphatic rings. The number of anilines is 1. The van der Waals surface area contributed by atoms with Gasteiger partial charge in [-0.25, -0.2) is 0 Å². The van der Waals surface area contributed by atoms with Crippen LogP contribution in [0.2, 0.25) is 0 Å². The monoisotopic (exact) mass is 350 g/mol. The third-order valence-corrected chi connectivity index (χ3v) is 4.75. The van der Waals surface area contributed by atoms with Crippen molar-refractivity contribution in [1.82, 2.24) is 5.32 Å². The van der Waals surface area contributed by atoms with E-state index in [1.807, 2.05) is 24.3 Å². The summed E-state index contributed by atoms with van der Waals surface area (Å²) in [5, 5.41) is 5.95. The number of amides is 2. The van der Waals surface area contributed by atoms with Gasteiger partial charge in [-0.1, -0.05) is 34.8 Å². The Kier molecular flexibility index (Phi) is 4.29. The first kappa shape index (κ1) is 14.6. The Morgan fingerprint density at radius 1 is 1.10 bits per heavy atom. The number of nitrogens with one attached hydrogen (secondary N) is 2. The third-order valence-electron chi connectivity index (χ3n) is 4.26. The average Bonchev–Trinajstić information content (AvgIpc) is 3.10. The van der Waals surface area contributed by atoms with Crippen LogP contribution in [-0.4, -0.2) is 17.9 Å². The van der Waals surface area contributed by atoms with Crippen LogP contribution in [-0.2, 0) is 9.59 Å². The molecule has 2 N–H and O–H groups in total. The molecule has 112 valence electrons. The van der Waals surface area contributed by atoms with Crippen LogP contribution in [0.25, 0.3) is 0 Å².